The van der Waals surface area contributed by atoms with Gasteiger partial charge < -0.3 is 15.3 Å². The molecule has 114 valence electrons. The number of halogens is 1. The number of rotatable bonds is 6. The third-order valence-electron chi connectivity index (χ3n) is 3.70. The van der Waals surface area contributed by atoms with E-state index in [0.717, 1.165) is 12.0 Å². The van der Waals surface area contributed by atoms with Crippen molar-refractivity contribution in [1.29, 1.82) is 0 Å². The largest absolute Gasteiger partial charge is 0.379 e. The average Bonchev–Trinajstić information content (AvgIpc) is 2.47. The molecule has 1 unspecified atom stereocenters. The van der Waals surface area contributed by atoms with Crippen LogP contribution in [0.1, 0.15) is 18.4 Å². The molecule has 2 N–H and O–H groups in total. The van der Waals surface area contributed by atoms with E-state index >= 15 is 0 Å². The minimum atomic E-state index is -1.36. The number of carbonyl (C=O) groups is 1. The van der Waals surface area contributed by atoms with Crippen LogP contribution in [-0.4, -0.2) is 41.1 Å². The maximum absolute atomic E-state index is 12.9. The Bertz CT molecular complexity index is 504. The van der Waals surface area contributed by atoms with Gasteiger partial charge in [0.1, 0.15) is 5.82 Å². The Morgan fingerprint density at radius 3 is 2.81 bits per heavy atom. The van der Waals surface area contributed by atoms with Gasteiger partial charge in [0.05, 0.1) is 0 Å². The van der Waals surface area contributed by atoms with Gasteiger partial charge in [0.2, 0.25) is 0 Å². The zero-order valence-corrected chi connectivity index (χ0v) is 12.0. The molecule has 0 spiro atoms. The first-order chi connectivity index (χ1) is 10.0. The number of hydrogen-bond acceptors (Lipinski definition) is 3. The number of nitrogens with zero attached hydrogens (tertiary/aromatic N) is 1. The molecule has 0 bridgehead atoms. The van der Waals surface area contributed by atoms with E-state index in [-0.39, 0.29) is 18.3 Å². The van der Waals surface area contributed by atoms with Crippen LogP contribution >= 0.6 is 0 Å². The highest BCUT2D eigenvalue weighted by atomic mass is 19.1. The lowest BCUT2D eigenvalue weighted by atomic mass is 9.91. The van der Waals surface area contributed by atoms with Crippen molar-refractivity contribution in [3.8, 4) is 0 Å². The summed E-state index contributed by atoms with van der Waals surface area (Å²) in [6.07, 6.45) is 2.89. The molecule has 1 atom stereocenters. The van der Waals surface area contributed by atoms with Gasteiger partial charge in [0.25, 0.3) is 5.91 Å². The lowest BCUT2D eigenvalue weighted by Crippen LogP contribution is -2.57. The Morgan fingerprint density at radius 1 is 1.43 bits per heavy atom. The molecule has 1 aromatic rings. The van der Waals surface area contributed by atoms with Gasteiger partial charge in [-0.3, -0.25) is 4.79 Å². The number of likely N-dealkylation sites (tertiary alicyclic amines) is 1. The zero-order valence-electron chi connectivity index (χ0n) is 12.0. The Kier molecular flexibility index (Phi) is 5.09. The van der Waals surface area contributed by atoms with Crippen molar-refractivity contribution in [1.82, 2.24) is 10.2 Å². The molecule has 2 rings (SSSR count). The SMILES string of the molecule is C=CCNCC1(O)CCCN(Cc2ccc(F)cc2)C1=O. The van der Waals surface area contributed by atoms with Crippen molar-refractivity contribution in [2.45, 2.75) is 25.0 Å². The summed E-state index contributed by atoms with van der Waals surface area (Å²) in [4.78, 5) is 14.1. The Labute approximate surface area is 124 Å². The van der Waals surface area contributed by atoms with E-state index in [0.29, 0.717) is 26.1 Å². The van der Waals surface area contributed by atoms with Crippen molar-refractivity contribution in [2.75, 3.05) is 19.6 Å². The van der Waals surface area contributed by atoms with Crippen LogP contribution in [-0.2, 0) is 11.3 Å². The zero-order chi connectivity index (χ0) is 15.3. The molecule has 1 aliphatic rings. The monoisotopic (exact) mass is 292 g/mol. The summed E-state index contributed by atoms with van der Waals surface area (Å²) in [7, 11) is 0. The van der Waals surface area contributed by atoms with Crippen LogP contribution in [0.25, 0.3) is 0 Å². The molecule has 0 saturated carbocycles. The lowest BCUT2D eigenvalue weighted by Gasteiger charge is -2.38. The fourth-order valence-corrected chi connectivity index (χ4v) is 2.57. The van der Waals surface area contributed by atoms with Gasteiger partial charge in [0.15, 0.2) is 5.60 Å². The second kappa shape index (κ2) is 6.83. The highest BCUT2D eigenvalue weighted by molar-refractivity contribution is 5.86. The first-order valence-corrected chi connectivity index (χ1v) is 7.13. The van der Waals surface area contributed by atoms with E-state index in [2.05, 4.69) is 11.9 Å². The summed E-state index contributed by atoms with van der Waals surface area (Å²) >= 11 is 0. The Morgan fingerprint density at radius 2 is 2.14 bits per heavy atom. The van der Waals surface area contributed by atoms with Crippen molar-refractivity contribution < 1.29 is 14.3 Å². The maximum Gasteiger partial charge on any atom is 0.256 e. The van der Waals surface area contributed by atoms with Gasteiger partial charge in [-0.05, 0) is 30.5 Å². The molecule has 0 aliphatic carbocycles. The van der Waals surface area contributed by atoms with E-state index < -0.39 is 5.60 Å². The van der Waals surface area contributed by atoms with Crippen LogP contribution in [0.15, 0.2) is 36.9 Å². The van der Waals surface area contributed by atoms with Gasteiger partial charge in [0, 0.05) is 26.2 Å². The molecule has 1 saturated heterocycles. The number of carbonyl (C=O) groups excluding carboxylic acids is 1. The van der Waals surface area contributed by atoms with Gasteiger partial charge in [-0.25, -0.2) is 4.39 Å². The quantitative estimate of drug-likeness (QED) is 0.616. The first-order valence-electron chi connectivity index (χ1n) is 7.13. The van der Waals surface area contributed by atoms with Crippen LogP contribution < -0.4 is 5.32 Å². The van der Waals surface area contributed by atoms with Crippen LogP contribution in [0.4, 0.5) is 4.39 Å². The molecular formula is C16H21FN2O2. The molecule has 0 radical (unpaired) electrons. The molecule has 1 amide bonds. The van der Waals surface area contributed by atoms with E-state index in [1.165, 1.54) is 12.1 Å². The van der Waals surface area contributed by atoms with E-state index in [4.69, 9.17) is 0 Å². The topological polar surface area (TPSA) is 52.6 Å². The van der Waals surface area contributed by atoms with E-state index in [1.54, 1.807) is 23.1 Å². The number of nitrogens with one attached hydrogen (secondary N) is 1. The predicted octanol–water partition coefficient (Wildman–Crippen LogP) is 1.45. The summed E-state index contributed by atoms with van der Waals surface area (Å²) in [5.74, 6) is -0.566. The molecule has 5 heteroatoms. The summed E-state index contributed by atoms with van der Waals surface area (Å²) in [5, 5.41) is 13.5. The molecular weight excluding hydrogens is 271 g/mol. The summed E-state index contributed by atoms with van der Waals surface area (Å²) in [5.41, 5.74) is -0.505. The van der Waals surface area contributed by atoms with Crippen LogP contribution in [0.3, 0.4) is 0 Å². The molecule has 0 aromatic heterocycles. The number of piperidine rings is 1. The van der Waals surface area contributed by atoms with Crippen molar-refractivity contribution >= 4 is 5.91 Å². The molecule has 4 nitrogen and oxygen atoms in total. The second-order valence-corrected chi connectivity index (χ2v) is 5.41. The maximum atomic E-state index is 12.9. The van der Waals surface area contributed by atoms with E-state index in [9.17, 15) is 14.3 Å². The molecule has 21 heavy (non-hydrogen) atoms. The lowest BCUT2D eigenvalue weighted by molar-refractivity contribution is -0.157. The molecule has 1 fully saturated rings. The minimum absolute atomic E-state index is 0.220. The summed E-state index contributed by atoms with van der Waals surface area (Å²) < 4.78 is 12.9. The van der Waals surface area contributed by atoms with Crippen LogP contribution in [0.2, 0.25) is 0 Å². The Hall–Kier alpha value is -1.72. The van der Waals surface area contributed by atoms with Crippen molar-refractivity contribution in [3.05, 3.63) is 48.3 Å². The Balaban J connectivity index is 2.01. The van der Waals surface area contributed by atoms with Gasteiger partial charge in [-0.1, -0.05) is 18.2 Å². The van der Waals surface area contributed by atoms with Crippen molar-refractivity contribution in [2.24, 2.45) is 0 Å². The number of benzene rings is 1. The minimum Gasteiger partial charge on any atom is -0.379 e. The highest BCUT2D eigenvalue weighted by Gasteiger charge is 2.41. The van der Waals surface area contributed by atoms with Gasteiger partial charge in [-0.2, -0.15) is 0 Å². The van der Waals surface area contributed by atoms with Gasteiger partial charge >= 0.3 is 0 Å². The predicted molar refractivity (Wildman–Crippen MR) is 79.1 cm³/mol. The molecule has 1 aromatic carbocycles. The van der Waals surface area contributed by atoms with Crippen LogP contribution in [0.5, 0.6) is 0 Å². The van der Waals surface area contributed by atoms with Crippen LogP contribution in [0, 0.1) is 5.82 Å². The van der Waals surface area contributed by atoms with Gasteiger partial charge in [-0.15, -0.1) is 6.58 Å². The fourth-order valence-electron chi connectivity index (χ4n) is 2.57. The second-order valence-electron chi connectivity index (χ2n) is 5.41. The number of hydrogen-bond donors (Lipinski definition) is 2. The normalized spacial score (nSPS) is 22.4. The van der Waals surface area contributed by atoms with E-state index in [1.807, 2.05) is 0 Å². The molecule has 1 heterocycles. The smallest absolute Gasteiger partial charge is 0.256 e. The third-order valence-corrected chi connectivity index (χ3v) is 3.70. The average molecular weight is 292 g/mol. The van der Waals surface area contributed by atoms with Crippen molar-refractivity contribution in [3.63, 3.8) is 0 Å². The number of amides is 1. The fraction of sp³-hybridized carbons (Fsp3) is 0.438. The summed E-state index contributed by atoms with van der Waals surface area (Å²) in [6.45, 7) is 5.36. The first kappa shape index (κ1) is 15.7. The standard InChI is InChI=1S/C16H21FN2O2/c1-2-9-18-12-16(21)8-3-10-19(15(16)20)11-13-4-6-14(17)7-5-13/h2,4-7,18,21H,1,3,8-12H2. The summed E-state index contributed by atoms with van der Waals surface area (Å²) in [6, 6.07) is 6.07. The molecule has 1 aliphatic heterocycles. The third kappa shape index (κ3) is 3.89. The highest BCUT2D eigenvalue weighted by Crippen LogP contribution is 2.23. The number of aliphatic hydroxyl groups is 1.